The molecule has 28 heavy (non-hydrogen) atoms. The summed E-state index contributed by atoms with van der Waals surface area (Å²) in [5.74, 6) is -0.395. The zero-order valence-corrected chi connectivity index (χ0v) is 18.4. The maximum atomic E-state index is 13.6. The fraction of sp³-hybridized carbons (Fsp3) is 0.250. The molecule has 4 nitrogen and oxygen atoms in total. The van der Waals surface area contributed by atoms with E-state index in [2.05, 4.69) is 15.6 Å². The van der Waals surface area contributed by atoms with Crippen molar-refractivity contribution in [2.45, 2.75) is 12.5 Å². The van der Waals surface area contributed by atoms with Crippen LogP contribution >= 0.6 is 35.3 Å². The van der Waals surface area contributed by atoms with Crippen LogP contribution in [0.25, 0.3) is 10.1 Å². The minimum Gasteiger partial charge on any atom is -0.386 e. The summed E-state index contributed by atoms with van der Waals surface area (Å²) >= 11 is 1.56. The van der Waals surface area contributed by atoms with Gasteiger partial charge in [-0.25, -0.2) is 8.78 Å². The lowest BCUT2D eigenvalue weighted by Crippen LogP contribution is -2.40. The molecular weight excluding hydrogens is 495 g/mol. The van der Waals surface area contributed by atoms with Gasteiger partial charge in [0.15, 0.2) is 5.96 Å². The molecule has 1 atom stereocenters. The summed E-state index contributed by atoms with van der Waals surface area (Å²) in [6.45, 7) is 0.680. The molecule has 150 valence electrons. The van der Waals surface area contributed by atoms with E-state index in [1.54, 1.807) is 18.4 Å². The highest BCUT2D eigenvalue weighted by molar-refractivity contribution is 14.0. The van der Waals surface area contributed by atoms with E-state index in [1.165, 1.54) is 6.07 Å². The quantitative estimate of drug-likeness (QED) is 0.261. The van der Waals surface area contributed by atoms with E-state index in [-0.39, 0.29) is 24.0 Å². The van der Waals surface area contributed by atoms with Crippen molar-refractivity contribution in [2.24, 2.45) is 4.99 Å². The van der Waals surface area contributed by atoms with Gasteiger partial charge in [-0.3, -0.25) is 4.99 Å². The van der Waals surface area contributed by atoms with Gasteiger partial charge < -0.3 is 15.7 Å². The first-order valence-electron chi connectivity index (χ1n) is 8.62. The number of thiophene rings is 1. The third-order valence-electron chi connectivity index (χ3n) is 4.15. The van der Waals surface area contributed by atoms with Crippen molar-refractivity contribution in [1.82, 2.24) is 10.6 Å². The van der Waals surface area contributed by atoms with Crippen LogP contribution in [0.4, 0.5) is 8.78 Å². The van der Waals surface area contributed by atoms with Crippen molar-refractivity contribution < 1.29 is 13.9 Å². The van der Waals surface area contributed by atoms with E-state index < -0.39 is 17.7 Å². The van der Waals surface area contributed by atoms with Crippen molar-refractivity contribution in [1.29, 1.82) is 0 Å². The lowest BCUT2D eigenvalue weighted by molar-refractivity contribution is 0.184. The lowest BCUT2D eigenvalue weighted by atomic mass is 10.1. The SMILES string of the molecule is CN=C(NCCc1cc(F)ccc1F)NCC(O)c1cc2ccccc2s1.I. The van der Waals surface area contributed by atoms with Gasteiger partial charge in [0.05, 0.1) is 0 Å². The van der Waals surface area contributed by atoms with Crippen LogP contribution in [0.5, 0.6) is 0 Å². The maximum absolute atomic E-state index is 13.6. The molecule has 3 N–H and O–H groups in total. The highest BCUT2D eigenvalue weighted by Gasteiger charge is 2.12. The molecule has 3 aromatic rings. The number of rotatable bonds is 6. The molecule has 0 aliphatic heterocycles. The van der Waals surface area contributed by atoms with Crippen LogP contribution in [0.15, 0.2) is 53.5 Å². The van der Waals surface area contributed by atoms with E-state index >= 15 is 0 Å². The molecule has 8 heteroatoms. The molecule has 0 saturated carbocycles. The summed E-state index contributed by atoms with van der Waals surface area (Å²) in [7, 11) is 1.62. The number of hydrogen-bond donors (Lipinski definition) is 3. The topological polar surface area (TPSA) is 56.7 Å². The fourth-order valence-corrected chi connectivity index (χ4v) is 3.78. The predicted octanol–water partition coefficient (Wildman–Crippen LogP) is 4.24. The molecular formula is C20H22F2IN3OS. The van der Waals surface area contributed by atoms with Crippen LogP contribution in [-0.2, 0) is 6.42 Å². The molecule has 0 fully saturated rings. The average Bonchev–Trinajstić information content (AvgIpc) is 3.11. The molecule has 0 radical (unpaired) electrons. The molecule has 0 saturated heterocycles. The number of nitrogens with zero attached hydrogens (tertiary/aromatic N) is 1. The minimum absolute atomic E-state index is 0. The van der Waals surface area contributed by atoms with E-state index in [1.807, 2.05) is 30.3 Å². The van der Waals surface area contributed by atoms with Gasteiger partial charge in [0.2, 0.25) is 0 Å². The van der Waals surface area contributed by atoms with Crippen molar-refractivity contribution in [3.8, 4) is 0 Å². The van der Waals surface area contributed by atoms with Gasteiger partial charge in [0, 0.05) is 29.7 Å². The summed E-state index contributed by atoms with van der Waals surface area (Å²) in [4.78, 5) is 4.96. The molecule has 0 bridgehead atoms. The van der Waals surface area contributed by atoms with Crippen LogP contribution in [0.1, 0.15) is 16.5 Å². The largest absolute Gasteiger partial charge is 0.386 e. The summed E-state index contributed by atoms with van der Waals surface area (Å²) in [5, 5.41) is 17.6. The standard InChI is InChI=1S/C20H21F2N3OS.HI/c1-23-20(24-9-8-13-10-15(21)6-7-16(13)22)25-12-17(26)19-11-14-4-2-3-5-18(14)27-19;/h2-7,10-11,17,26H,8-9,12H2,1H3,(H2,23,24,25);1H. The summed E-state index contributed by atoms with van der Waals surface area (Å²) in [6.07, 6.45) is -0.343. The fourth-order valence-electron chi connectivity index (χ4n) is 2.73. The molecule has 1 unspecified atom stereocenters. The summed E-state index contributed by atoms with van der Waals surface area (Å²) in [6, 6.07) is 13.4. The Morgan fingerprint density at radius 3 is 2.68 bits per heavy atom. The Labute approximate surface area is 183 Å². The van der Waals surface area contributed by atoms with Gasteiger partial charge in [0.1, 0.15) is 17.7 Å². The number of fused-ring (bicyclic) bond motifs is 1. The smallest absolute Gasteiger partial charge is 0.191 e. The van der Waals surface area contributed by atoms with Crippen molar-refractivity contribution in [2.75, 3.05) is 20.1 Å². The molecule has 2 aromatic carbocycles. The van der Waals surface area contributed by atoms with Gasteiger partial charge in [-0.05, 0) is 47.7 Å². The van der Waals surface area contributed by atoms with E-state index in [9.17, 15) is 13.9 Å². The Morgan fingerprint density at radius 1 is 1.14 bits per heavy atom. The second-order valence-electron chi connectivity index (χ2n) is 6.07. The predicted molar refractivity (Wildman–Crippen MR) is 122 cm³/mol. The Bertz CT molecular complexity index is 915. The van der Waals surface area contributed by atoms with Gasteiger partial charge in [-0.2, -0.15) is 0 Å². The minimum atomic E-state index is -0.665. The molecule has 0 aliphatic rings. The summed E-state index contributed by atoms with van der Waals surface area (Å²) < 4.78 is 28.0. The zero-order valence-electron chi connectivity index (χ0n) is 15.3. The third-order valence-corrected chi connectivity index (χ3v) is 5.37. The van der Waals surface area contributed by atoms with E-state index in [0.29, 0.717) is 31.0 Å². The van der Waals surface area contributed by atoms with Crippen LogP contribution in [0.3, 0.4) is 0 Å². The molecule has 0 aliphatic carbocycles. The van der Waals surface area contributed by atoms with Crippen LogP contribution in [0.2, 0.25) is 0 Å². The van der Waals surface area contributed by atoms with E-state index in [4.69, 9.17) is 0 Å². The molecule has 3 rings (SSSR count). The van der Waals surface area contributed by atoms with Crippen LogP contribution in [0, 0.1) is 11.6 Å². The number of hydrogen-bond acceptors (Lipinski definition) is 3. The van der Waals surface area contributed by atoms with Gasteiger partial charge in [0.25, 0.3) is 0 Å². The Kier molecular flexibility index (Phi) is 8.58. The van der Waals surface area contributed by atoms with E-state index in [0.717, 1.165) is 27.1 Å². The summed E-state index contributed by atoms with van der Waals surface area (Å²) in [5.41, 5.74) is 0.309. The van der Waals surface area contributed by atoms with Gasteiger partial charge >= 0.3 is 0 Å². The second kappa shape index (κ2) is 10.7. The average molecular weight is 517 g/mol. The number of benzene rings is 2. The first-order chi connectivity index (χ1) is 13.1. The third kappa shape index (κ3) is 5.86. The Morgan fingerprint density at radius 2 is 1.93 bits per heavy atom. The number of guanidine groups is 1. The van der Waals surface area contributed by atoms with Gasteiger partial charge in [-0.1, -0.05) is 18.2 Å². The first kappa shape index (κ1) is 22.5. The highest BCUT2D eigenvalue weighted by atomic mass is 127. The first-order valence-corrected chi connectivity index (χ1v) is 9.43. The maximum Gasteiger partial charge on any atom is 0.191 e. The normalized spacial score (nSPS) is 12.5. The molecule has 0 spiro atoms. The number of halogens is 3. The Balaban J connectivity index is 0.00000280. The Hall–Kier alpha value is -1.78. The van der Waals surface area contributed by atoms with Crippen LogP contribution in [-0.4, -0.2) is 31.2 Å². The zero-order chi connectivity index (χ0) is 19.2. The second-order valence-corrected chi connectivity index (χ2v) is 7.18. The number of aliphatic hydroxyl groups is 1. The van der Waals surface area contributed by atoms with Gasteiger partial charge in [-0.15, -0.1) is 35.3 Å². The number of nitrogens with one attached hydrogen (secondary N) is 2. The van der Waals surface area contributed by atoms with Crippen molar-refractivity contribution in [3.05, 3.63) is 70.6 Å². The number of aliphatic hydroxyl groups excluding tert-OH is 1. The monoisotopic (exact) mass is 517 g/mol. The highest BCUT2D eigenvalue weighted by Crippen LogP contribution is 2.29. The van der Waals surface area contributed by atoms with Crippen molar-refractivity contribution in [3.63, 3.8) is 0 Å². The molecule has 0 amide bonds. The molecule has 1 heterocycles. The van der Waals surface area contributed by atoms with Crippen LogP contribution < -0.4 is 10.6 Å². The lowest BCUT2D eigenvalue weighted by Gasteiger charge is -2.14. The van der Waals surface area contributed by atoms with Crippen molar-refractivity contribution >= 4 is 51.4 Å². The number of aliphatic imine (C=N–C) groups is 1. The molecule has 1 aromatic heterocycles.